The summed E-state index contributed by atoms with van der Waals surface area (Å²) in [6.07, 6.45) is 3.02. The van der Waals surface area contributed by atoms with E-state index in [9.17, 15) is 13.2 Å². The maximum Gasteiger partial charge on any atom is 0.246 e. The topological polar surface area (TPSA) is 111 Å². The van der Waals surface area contributed by atoms with E-state index in [2.05, 4.69) is 10.4 Å². The number of rotatable bonds is 8. The highest BCUT2D eigenvalue weighted by atomic mass is 32.2. The Kier molecular flexibility index (Phi) is 5.71. The first-order valence-electron chi connectivity index (χ1n) is 8.61. The summed E-state index contributed by atoms with van der Waals surface area (Å²) < 4.78 is 39.0. The van der Waals surface area contributed by atoms with Crippen molar-refractivity contribution in [3.05, 3.63) is 59.7 Å². The van der Waals surface area contributed by atoms with Crippen molar-refractivity contribution >= 4 is 15.9 Å². The van der Waals surface area contributed by atoms with Crippen LogP contribution >= 0.6 is 0 Å². The summed E-state index contributed by atoms with van der Waals surface area (Å²) in [6, 6.07) is 6.89. The van der Waals surface area contributed by atoms with Gasteiger partial charge in [-0.15, -0.1) is 0 Å². The molecule has 0 bridgehead atoms. The molecule has 1 N–H and O–H groups in total. The number of sulfonamides is 1. The SMILES string of the molecule is Cc1nn(CC(=O)NCc2ccco2)c(C)c1S(=O)(=O)N(C)Cc1ccco1. The standard InChI is InChI=1S/C18H22N4O5S/c1-13-18(28(24,25)21(3)11-16-7-5-9-27-16)14(2)22(20-13)12-17(23)19-10-15-6-4-8-26-15/h4-9H,10-12H2,1-3H3,(H,19,23). The number of aryl methyl sites for hydroxylation is 1. The number of nitrogens with zero attached hydrogens (tertiary/aromatic N) is 3. The number of hydrogen-bond donors (Lipinski definition) is 1. The molecule has 3 heterocycles. The fourth-order valence-electron chi connectivity index (χ4n) is 2.86. The van der Waals surface area contributed by atoms with Gasteiger partial charge in [0, 0.05) is 7.05 Å². The molecule has 0 aliphatic heterocycles. The van der Waals surface area contributed by atoms with E-state index in [1.54, 1.807) is 38.1 Å². The van der Waals surface area contributed by atoms with Crippen molar-refractivity contribution in [1.29, 1.82) is 0 Å². The molecule has 28 heavy (non-hydrogen) atoms. The molecule has 150 valence electrons. The quantitative estimate of drug-likeness (QED) is 0.611. The third-order valence-corrected chi connectivity index (χ3v) is 6.33. The van der Waals surface area contributed by atoms with E-state index in [0.29, 0.717) is 22.9 Å². The Hall–Kier alpha value is -2.85. The lowest BCUT2D eigenvalue weighted by molar-refractivity contribution is -0.122. The number of amides is 1. The summed E-state index contributed by atoms with van der Waals surface area (Å²) >= 11 is 0. The molecule has 1 amide bonds. The maximum atomic E-state index is 13.0. The van der Waals surface area contributed by atoms with Crippen molar-refractivity contribution in [3.63, 3.8) is 0 Å². The lowest BCUT2D eigenvalue weighted by Crippen LogP contribution is -2.29. The van der Waals surface area contributed by atoms with Crippen molar-refractivity contribution in [2.24, 2.45) is 0 Å². The Balaban J connectivity index is 1.74. The fourth-order valence-corrected chi connectivity index (χ4v) is 4.36. The molecule has 0 aromatic carbocycles. The lowest BCUT2D eigenvalue weighted by Gasteiger charge is -2.16. The van der Waals surface area contributed by atoms with E-state index in [0.717, 1.165) is 0 Å². The molecule has 10 heteroatoms. The molecular weight excluding hydrogens is 384 g/mol. The van der Waals surface area contributed by atoms with Crippen LogP contribution in [0, 0.1) is 13.8 Å². The summed E-state index contributed by atoms with van der Waals surface area (Å²) in [6.45, 7) is 3.50. The Morgan fingerprint density at radius 2 is 1.82 bits per heavy atom. The van der Waals surface area contributed by atoms with E-state index in [4.69, 9.17) is 8.83 Å². The largest absolute Gasteiger partial charge is 0.468 e. The minimum Gasteiger partial charge on any atom is -0.468 e. The zero-order chi connectivity index (χ0) is 20.3. The summed E-state index contributed by atoms with van der Waals surface area (Å²) in [7, 11) is -2.32. The second-order valence-electron chi connectivity index (χ2n) is 6.35. The van der Waals surface area contributed by atoms with Crippen LogP contribution in [0.5, 0.6) is 0 Å². The monoisotopic (exact) mass is 406 g/mol. The smallest absolute Gasteiger partial charge is 0.246 e. The predicted molar refractivity (Wildman–Crippen MR) is 99.6 cm³/mol. The average Bonchev–Trinajstić information content (AvgIpc) is 3.36. The van der Waals surface area contributed by atoms with Gasteiger partial charge in [-0.05, 0) is 38.1 Å². The molecule has 3 aromatic heterocycles. The highest BCUT2D eigenvalue weighted by Gasteiger charge is 2.29. The van der Waals surface area contributed by atoms with Crippen LogP contribution in [0.2, 0.25) is 0 Å². The highest BCUT2D eigenvalue weighted by Crippen LogP contribution is 2.24. The van der Waals surface area contributed by atoms with Crippen molar-refractivity contribution in [2.75, 3.05) is 7.05 Å². The summed E-state index contributed by atoms with van der Waals surface area (Å²) in [5.41, 5.74) is 0.736. The number of nitrogens with one attached hydrogen (secondary N) is 1. The fraction of sp³-hybridized carbons (Fsp3) is 0.333. The number of aromatic nitrogens is 2. The molecule has 0 atom stereocenters. The Morgan fingerprint density at radius 1 is 1.18 bits per heavy atom. The average molecular weight is 406 g/mol. The van der Waals surface area contributed by atoms with E-state index in [1.807, 2.05) is 0 Å². The van der Waals surface area contributed by atoms with Crippen LogP contribution < -0.4 is 5.32 Å². The van der Waals surface area contributed by atoms with Crippen LogP contribution in [-0.2, 0) is 34.5 Å². The van der Waals surface area contributed by atoms with Crippen molar-refractivity contribution < 1.29 is 22.0 Å². The Morgan fingerprint density at radius 3 is 2.43 bits per heavy atom. The van der Waals surface area contributed by atoms with Crippen molar-refractivity contribution in [3.8, 4) is 0 Å². The third kappa shape index (κ3) is 4.18. The normalized spacial score (nSPS) is 11.9. The zero-order valence-electron chi connectivity index (χ0n) is 15.9. The van der Waals surface area contributed by atoms with Gasteiger partial charge in [0.2, 0.25) is 15.9 Å². The predicted octanol–water partition coefficient (Wildman–Crippen LogP) is 1.82. The van der Waals surface area contributed by atoms with Gasteiger partial charge >= 0.3 is 0 Å². The zero-order valence-corrected chi connectivity index (χ0v) is 16.7. The molecule has 0 radical (unpaired) electrons. The van der Waals surface area contributed by atoms with Crippen LogP contribution in [0.3, 0.4) is 0 Å². The second-order valence-corrected chi connectivity index (χ2v) is 8.34. The first-order chi connectivity index (χ1) is 13.3. The number of carbonyl (C=O) groups excluding carboxylic acids is 1. The number of hydrogen-bond acceptors (Lipinski definition) is 6. The minimum absolute atomic E-state index is 0.0925. The van der Waals surface area contributed by atoms with Gasteiger partial charge in [-0.25, -0.2) is 8.42 Å². The van der Waals surface area contributed by atoms with Gasteiger partial charge in [0.15, 0.2) is 0 Å². The van der Waals surface area contributed by atoms with Crippen LogP contribution in [0.25, 0.3) is 0 Å². The summed E-state index contributed by atoms with van der Waals surface area (Å²) in [4.78, 5) is 12.3. The number of carbonyl (C=O) groups is 1. The van der Waals surface area contributed by atoms with Crippen LogP contribution in [0.15, 0.2) is 50.5 Å². The third-order valence-electron chi connectivity index (χ3n) is 4.28. The highest BCUT2D eigenvalue weighted by molar-refractivity contribution is 7.89. The van der Waals surface area contributed by atoms with E-state index in [-0.39, 0.29) is 30.4 Å². The van der Waals surface area contributed by atoms with Gasteiger partial charge in [-0.2, -0.15) is 9.40 Å². The van der Waals surface area contributed by atoms with Crippen LogP contribution in [0.1, 0.15) is 22.9 Å². The molecule has 9 nitrogen and oxygen atoms in total. The van der Waals surface area contributed by atoms with Crippen LogP contribution in [-0.4, -0.2) is 35.5 Å². The molecule has 3 rings (SSSR count). The molecule has 0 fully saturated rings. The van der Waals surface area contributed by atoms with Crippen LogP contribution in [0.4, 0.5) is 0 Å². The molecule has 0 saturated heterocycles. The summed E-state index contributed by atoms with van der Waals surface area (Å²) in [5, 5.41) is 6.96. The molecule has 0 aliphatic carbocycles. The van der Waals surface area contributed by atoms with E-state index < -0.39 is 10.0 Å². The van der Waals surface area contributed by atoms with E-state index in [1.165, 1.54) is 28.6 Å². The Bertz CT molecular complexity index is 1040. The minimum atomic E-state index is -3.80. The second kappa shape index (κ2) is 8.03. The molecule has 0 aliphatic rings. The Labute approximate surface area is 163 Å². The van der Waals surface area contributed by atoms with Gasteiger partial charge in [-0.3, -0.25) is 9.48 Å². The van der Waals surface area contributed by atoms with E-state index >= 15 is 0 Å². The molecular formula is C18H22N4O5S. The molecule has 0 spiro atoms. The van der Waals surface area contributed by atoms with Crippen molar-refractivity contribution in [2.45, 2.75) is 38.4 Å². The summed E-state index contributed by atoms with van der Waals surface area (Å²) in [5.74, 6) is 0.866. The lowest BCUT2D eigenvalue weighted by atomic mass is 10.4. The molecule has 3 aromatic rings. The first-order valence-corrected chi connectivity index (χ1v) is 10.0. The van der Waals surface area contributed by atoms with Gasteiger partial charge in [0.05, 0.1) is 37.0 Å². The van der Waals surface area contributed by atoms with Crippen molar-refractivity contribution in [1.82, 2.24) is 19.4 Å². The van der Waals surface area contributed by atoms with Gasteiger partial charge < -0.3 is 14.2 Å². The molecule has 0 saturated carbocycles. The van der Waals surface area contributed by atoms with Gasteiger partial charge in [-0.1, -0.05) is 0 Å². The van der Waals surface area contributed by atoms with Gasteiger partial charge in [0.25, 0.3) is 0 Å². The first kappa shape index (κ1) is 19.9. The maximum absolute atomic E-state index is 13.0. The van der Waals surface area contributed by atoms with Gasteiger partial charge in [0.1, 0.15) is 23.0 Å². The molecule has 0 unspecified atom stereocenters. The number of furan rings is 2.